The Morgan fingerprint density at radius 2 is 2.42 bits per heavy atom. The van der Waals surface area contributed by atoms with Gasteiger partial charge in [0.2, 0.25) is 5.91 Å². The first kappa shape index (κ1) is 12.2. The number of anilines is 1. The van der Waals surface area contributed by atoms with E-state index in [1.54, 1.807) is 10.9 Å². The Bertz CT molecular complexity index is 580. The van der Waals surface area contributed by atoms with E-state index in [0.717, 1.165) is 0 Å². The molecule has 0 radical (unpaired) electrons. The number of thiophene rings is 1. The fourth-order valence-corrected chi connectivity index (χ4v) is 3.53. The lowest BCUT2D eigenvalue weighted by Crippen LogP contribution is -2.26. The molecule has 2 heterocycles. The molecule has 5 nitrogen and oxygen atoms in total. The number of nitrogens with two attached hydrogens (primary N) is 1. The monoisotopic (exact) mass is 276 g/mol. The molecule has 0 aliphatic heterocycles. The predicted octanol–water partition coefficient (Wildman–Crippen LogP) is 1.33. The molecule has 0 fully saturated rings. The van der Waals surface area contributed by atoms with Crippen LogP contribution in [0.4, 0.5) is 5.69 Å². The van der Waals surface area contributed by atoms with Gasteiger partial charge in [-0.05, 0) is 30.9 Å². The van der Waals surface area contributed by atoms with Crippen molar-refractivity contribution in [2.24, 2.45) is 0 Å². The SMILES string of the molecule is Nc1cnn(CC(=O)NCc2cc3c(s2)CCC3)c1. The van der Waals surface area contributed by atoms with Crippen molar-refractivity contribution in [3.63, 3.8) is 0 Å². The maximum absolute atomic E-state index is 11.8. The minimum Gasteiger partial charge on any atom is -0.396 e. The molecule has 0 saturated heterocycles. The molecule has 0 atom stereocenters. The van der Waals surface area contributed by atoms with Crippen LogP contribution in [0.5, 0.6) is 0 Å². The third kappa shape index (κ3) is 2.78. The van der Waals surface area contributed by atoms with Crippen LogP contribution < -0.4 is 11.1 Å². The van der Waals surface area contributed by atoms with Gasteiger partial charge in [-0.1, -0.05) is 0 Å². The van der Waals surface area contributed by atoms with Gasteiger partial charge in [-0.3, -0.25) is 9.48 Å². The summed E-state index contributed by atoms with van der Waals surface area (Å²) in [5, 5.41) is 6.90. The van der Waals surface area contributed by atoms with E-state index in [9.17, 15) is 4.79 Å². The topological polar surface area (TPSA) is 72.9 Å². The number of hydrogen-bond acceptors (Lipinski definition) is 4. The third-order valence-corrected chi connectivity index (χ3v) is 4.45. The molecular formula is C13H16N4OS. The highest BCUT2D eigenvalue weighted by molar-refractivity contribution is 7.12. The number of aryl methyl sites for hydroxylation is 2. The van der Waals surface area contributed by atoms with Crippen molar-refractivity contribution in [1.29, 1.82) is 0 Å². The molecule has 3 rings (SSSR count). The van der Waals surface area contributed by atoms with E-state index in [2.05, 4.69) is 16.5 Å². The zero-order valence-electron chi connectivity index (χ0n) is 10.6. The van der Waals surface area contributed by atoms with Crippen molar-refractivity contribution in [3.05, 3.63) is 33.8 Å². The summed E-state index contributed by atoms with van der Waals surface area (Å²) < 4.78 is 1.54. The molecule has 6 heteroatoms. The molecule has 0 spiro atoms. The molecule has 2 aromatic heterocycles. The van der Waals surface area contributed by atoms with Crippen LogP contribution in [0.3, 0.4) is 0 Å². The van der Waals surface area contributed by atoms with Gasteiger partial charge in [-0.2, -0.15) is 5.10 Å². The van der Waals surface area contributed by atoms with Crippen molar-refractivity contribution in [2.75, 3.05) is 5.73 Å². The second-order valence-electron chi connectivity index (χ2n) is 4.76. The Balaban J connectivity index is 1.52. The molecule has 1 amide bonds. The number of fused-ring (bicyclic) bond motifs is 1. The lowest BCUT2D eigenvalue weighted by molar-refractivity contribution is -0.122. The normalized spacial score (nSPS) is 13.5. The molecule has 0 aromatic carbocycles. The Morgan fingerprint density at radius 3 is 3.16 bits per heavy atom. The molecule has 1 aliphatic carbocycles. The van der Waals surface area contributed by atoms with Crippen LogP contribution >= 0.6 is 11.3 Å². The second kappa shape index (κ2) is 5.05. The Labute approximate surface area is 115 Å². The van der Waals surface area contributed by atoms with E-state index in [4.69, 9.17) is 5.73 Å². The summed E-state index contributed by atoms with van der Waals surface area (Å²) in [7, 11) is 0. The Morgan fingerprint density at radius 1 is 1.53 bits per heavy atom. The standard InChI is InChI=1S/C13H16N4OS/c14-10-5-16-17(7-10)8-13(18)15-6-11-4-9-2-1-3-12(9)19-11/h4-5,7H,1-3,6,8,14H2,(H,15,18). The van der Waals surface area contributed by atoms with Gasteiger partial charge >= 0.3 is 0 Å². The number of carbonyl (C=O) groups is 1. The molecule has 0 bridgehead atoms. The molecule has 1 aliphatic rings. The number of carbonyl (C=O) groups excluding carboxylic acids is 1. The molecule has 0 saturated carbocycles. The zero-order chi connectivity index (χ0) is 13.2. The van der Waals surface area contributed by atoms with E-state index in [0.29, 0.717) is 12.2 Å². The average Bonchev–Trinajstić information content (AvgIpc) is 3.02. The summed E-state index contributed by atoms with van der Waals surface area (Å²) in [6, 6.07) is 2.22. The van der Waals surface area contributed by atoms with Gasteiger partial charge in [0.25, 0.3) is 0 Å². The van der Waals surface area contributed by atoms with Crippen LogP contribution in [0.1, 0.15) is 21.7 Å². The van der Waals surface area contributed by atoms with Crippen LogP contribution in [-0.2, 0) is 30.7 Å². The molecule has 0 unspecified atom stereocenters. The van der Waals surface area contributed by atoms with E-state index >= 15 is 0 Å². The highest BCUT2D eigenvalue weighted by Crippen LogP contribution is 2.30. The lowest BCUT2D eigenvalue weighted by atomic mass is 10.2. The number of amides is 1. The quantitative estimate of drug-likeness (QED) is 0.885. The van der Waals surface area contributed by atoms with Crippen molar-refractivity contribution < 1.29 is 4.79 Å². The van der Waals surface area contributed by atoms with Gasteiger partial charge in [-0.15, -0.1) is 11.3 Å². The second-order valence-corrected chi connectivity index (χ2v) is 5.98. The summed E-state index contributed by atoms with van der Waals surface area (Å²) in [6.45, 7) is 0.815. The molecule has 100 valence electrons. The Hall–Kier alpha value is -1.82. The maximum atomic E-state index is 11.8. The van der Waals surface area contributed by atoms with Crippen LogP contribution in [0.15, 0.2) is 18.5 Å². The van der Waals surface area contributed by atoms with E-state index in [1.807, 2.05) is 11.3 Å². The van der Waals surface area contributed by atoms with Crippen molar-refractivity contribution in [3.8, 4) is 0 Å². The van der Waals surface area contributed by atoms with Crippen molar-refractivity contribution in [2.45, 2.75) is 32.4 Å². The van der Waals surface area contributed by atoms with Crippen LogP contribution in [0, 0.1) is 0 Å². The summed E-state index contributed by atoms with van der Waals surface area (Å²) >= 11 is 1.82. The zero-order valence-corrected chi connectivity index (χ0v) is 11.4. The van der Waals surface area contributed by atoms with E-state index in [1.165, 1.54) is 40.8 Å². The van der Waals surface area contributed by atoms with Crippen LogP contribution in [0.25, 0.3) is 0 Å². The maximum Gasteiger partial charge on any atom is 0.242 e. The molecular weight excluding hydrogens is 260 g/mol. The third-order valence-electron chi connectivity index (χ3n) is 3.22. The molecule has 19 heavy (non-hydrogen) atoms. The Kier molecular flexibility index (Phi) is 3.25. The first-order valence-corrected chi connectivity index (χ1v) is 7.17. The van der Waals surface area contributed by atoms with E-state index in [-0.39, 0.29) is 12.5 Å². The smallest absolute Gasteiger partial charge is 0.242 e. The van der Waals surface area contributed by atoms with Gasteiger partial charge in [0.1, 0.15) is 6.54 Å². The molecule has 2 aromatic rings. The fraction of sp³-hybridized carbons (Fsp3) is 0.385. The van der Waals surface area contributed by atoms with Gasteiger partial charge in [0.15, 0.2) is 0 Å². The number of hydrogen-bond donors (Lipinski definition) is 2. The van der Waals surface area contributed by atoms with Gasteiger partial charge in [-0.25, -0.2) is 0 Å². The lowest BCUT2D eigenvalue weighted by Gasteiger charge is -2.03. The van der Waals surface area contributed by atoms with Crippen molar-refractivity contribution >= 4 is 22.9 Å². The summed E-state index contributed by atoms with van der Waals surface area (Å²) in [6.07, 6.45) is 6.84. The number of nitrogens with one attached hydrogen (secondary N) is 1. The average molecular weight is 276 g/mol. The van der Waals surface area contributed by atoms with Crippen LogP contribution in [-0.4, -0.2) is 15.7 Å². The first-order chi connectivity index (χ1) is 9.20. The van der Waals surface area contributed by atoms with Crippen LogP contribution in [0.2, 0.25) is 0 Å². The van der Waals surface area contributed by atoms with Gasteiger partial charge < -0.3 is 11.1 Å². The minimum absolute atomic E-state index is 0.0448. The minimum atomic E-state index is -0.0448. The number of aromatic nitrogens is 2. The number of nitrogens with zero attached hydrogens (tertiary/aromatic N) is 2. The number of nitrogen functional groups attached to an aromatic ring is 1. The highest BCUT2D eigenvalue weighted by Gasteiger charge is 2.15. The largest absolute Gasteiger partial charge is 0.396 e. The summed E-state index contributed by atoms with van der Waals surface area (Å²) in [5.74, 6) is -0.0448. The summed E-state index contributed by atoms with van der Waals surface area (Å²) in [4.78, 5) is 14.5. The van der Waals surface area contributed by atoms with Crippen molar-refractivity contribution in [1.82, 2.24) is 15.1 Å². The predicted molar refractivity (Wildman–Crippen MR) is 74.8 cm³/mol. The number of rotatable bonds is 4. The first-order valence-electron chi connectivity index (χ1n) is 6.36. The fourth-order valence-electron chi connectivity index (χ4n) is 2.33. The van der Waals surface area contributed by atoms with Gasteiger partial charge in [0.05, 0.1) is 18.4 Å². The van der Waals surface area contributed by atoms with E-state index < -0.39 is 0 Å². The summed E-state index contributed by atoms with van der Waals surface area (Å²) in [5.41, 5.74) is 7.59. The highest BCUT2D eigenvalue weighted by atomic mass is 32.1. The molecule has 3 N–H and O–H groups in total. The van der Waals surface area contributed by atoms with Gasteiger partial charge in [0, 0.05) is 16.0 Å².